The number of aryl methyl sites for hydroxylation is 2. The lowest BCUT2D eigenvalue weighted by molar-refractivity contribution is 0.0205. The average molecular weight is 414 g/mol. The number of amides is 1. The van der Waals surface area contributed by atoms with Crippen LogP contribution in [0.3, 0.4) is 0 Å². The molecule has 7 nitrogen and oxygen atoms in total. The van der Waals surface area contributed by atoms with Gasteiger partial charge in [0.05, 0.1) is 11.2 Å². The highest BCUT2D eigenvalue weighted by Crippen LogP contribution is 2.32. The quantitative estimate of drug-likeness (QED) is 0.618. The van der Waals surface area contributed by atoms with Gasteiger partial charge in [0, 0.05) is 37.0 Å². The Kier molecular flexibility index (Phi) is 5.06. The molecule has 1 amide bonds. The van der Waals surface area contributed by atoms with Crippen LogP contribution in [0.4, 0.5) is 4.79 Å². The zero-order chi connectivity index (χ0) is 20.8. The smallest absolute Gasteiger partial charge is 0.410 e. The van der Waals surface area contributed by atoms with E-state index in [1.165, 1.54) is 11.5 Å². The van der Waals surface area contributed by atoms with Gasteiger partial charge in [-0.05, 0) is 58.1 Å². The molecule has 0 radical (unpaired) electrons. The molecule has 2 aromatic heterocycles. The van der Waals surface area contributed by atoms with Gasteiger partial charge in [-0.2, -0.15) is 9.47 Å². The summed E-state index contributed by atoms with van der Waals surface area (Å²) in [5, 5.41) is 6.68. The van der Waals surface area contributed by atoms with Gasteiger partial charge in [-0.1, -0.05) is 12.1 Å². The lowest BCUT2D eigenvalue weighted by atomic mass is 9.98. The second kappa shape index (κ2) is 7.40. The van der Waals surface area contributed by atoms with Gasteiger partial charge in [0.1, 0.15) is 10.6 Å². The molecule has 0 saturated carbocycles. The van der Waals surface area contributed by atoms with Crippen molar-refractivity contribution in [1.82, 2.24) is 24.0 Å². The zero-order valence-corrected chi connectivity index (χ0v) is 18.4. The Labute approximate surface area is 174 Å². The zero-order valence-electron chi connectivity index (χ0n) is 17.6. The van der Waals surface area contributed by atoms with Gasteiger partial charge in [0.25, 0.3) is 0 Å². The molecular formula is C21H27N5O2S. The van der Waals surface area contributed by atoms with Crippen molar-refractivity contribution >= 4 is 28.5 Å². The van der Waals surface area contributed by atoms with Gasteiger partial charge in [-0.25, -0.2) is 9.78 Å². The summed E-state index contributed by atoms with van der Waals surface area (Å²) in [5.41, 5.74) is 2.66. The molecule has 0 atom stereocenters. The molecule has 8 heteroatoms. The van der Waals surface area contributed by atoms with Crippen molar-refractivity contribution in [3.8, 4) is 11.4 Å². The second-order valence-corrected chi connectivity index (χ2v) is 9.42. The van der Waals surface area contributed by atoms with Crippen molar-refractivity contribution in [3.05, 3.63) is 28.9 Å². The first-order chi connectivity index (χ1) is 13.7. The van der Waals surface area contributed by atoms with E-state index in [1.54, 1.807) is 4.90 Å². The molecule has 3 aromatic rings. The standard InChI is InChI=1S/C21H27N5O2S/c1-13-16-7-6-15(12-17(16)25(5)23-13)18-22-19(29-24-18)14-8-10-26(11-9-14)20(27)28-21(2,3)4/h6-7,12,14H,8-11H2,1-5H3. The topological polar surface area (TPSA) is 73.1 Å². The number of carbonyl (C=O) groups is 1. The minimum Gasteiger partial charge on any atom is -0.444 e. The first kappa shape index (κ1) is 19.8. The Morgan fingerprint density at radius 2 is 1.97 bits per heavy atom. The molecule has 29 heavy (non-hydrogen) atoms. The minimum atomic E-state index is -0.463. The van der Waals surface area contributed by atoms with E-state index in [9.17, 15) is 4.79 Å². The first-order valence-corrected chi connectivity index (χ1v) is 10.7. The van der Waals surface area contributed by atoms with Gasteiger partial charge in [0.2, 0.25) is 0 Å². The van der Waals surface area contributed by atoms with Crippen molar-refractivity contribution in [2.24, 2.45) is 7.05 Å². The van der Waals surface area contributed by atoms with E-state index in [0.29, 0.717) is 19.0 Å². The maximum Gasteiger partial charge on any atom is 0.410 e. The van der Waals surface area contributed by atoms with Crippen LogP contribution >= 0.6 is 11.5 Å². The number of aromatic nitrogens is 4. The van der Waals surface area contributed by atoms with E-state index < -0.39 is 5.60 Å². The monoisotopic (exact) mass is 413 g/mol. The van der Waals surface area contributed by atoms with Gasteiger partial charge in [-0.15, -0.1) is 0 Å². The second-order valence-electron chi connectivity index (χ2n) is 8.64. The summed E-state index contributed by atoms with van der Waals surface area (Å²) in [6.45, 7) is 9.08. The van der Waals surface area contributed by atoms with Crippen LogP contribution in [0.1, 0.15) is 50.2 Å². The fourth-order valence-corrected chi connectivity index (χ4v) is 4.57. The van der Waals surface area contributed by atoms with E-state index in [0.717, 1.165) is 45.8 Å². The highest BCUT2D eigenvalue weighted by molar-refractivity contribution is 7.05. The predicted molar refractivity (Wildman–Crippen MR) is 114 cm³/mol. The Morgan fingerprint density at radius 1 is 1.24 bits per heavy atom. The summed E-state index contributed by atoms with van der Waals surface area (Å²) < 4.78 is 12.0. The number of ether oxygens (including phenoxy) is 1. The number of piperidine rings is 1. The van der Waals surface area contributed by atoms with Crippen LogP contribution < -0.4 is 0 Å². The number of likely N-dealkylation sites (tertiary alicyclic amines) is 1. The Bertz CT molecular complexity index is 1040. The molecule has 1 aromatic carbocycles. The fraction of sp³-hybridized carbons (Fsp3) is 0.524. The average Bonchev–Trinajstić information content (AvgIpc) is 3.26. The third kappa shape index (κ3) is 4.12. The van der Waals surface area contributed by atoms with Crippen LogP contribution in [-0.4, -0.2) is 48.8 Å². The molecule has 0 unspecified atom stereocenters. The van der Waals surface area contributed by atoms with Crippen molar-refractivity contribution in [2.45, 2.75) is 52.1 Å². The summed E-state index contributed by atoms with van der Waals surface area (Å²) in [4.78, 5) is 18.9. The van der Waals surface area contributed by atoms with Crippen LogP contribution in [0, 0.1) is 6.92 Å². The number of nitrogens with zero attached hydrogens (tertiary/aromatic N) is 5. The lowest BCUT2D eigenvalue weighted by Gasteiger charge is -2.32. The van der Waals surface area contributed by atoms with Crippen LogP contribution in [0.25, 0.3) is 22.3 Å². The normalized spacial score (nSPS) is 15.8. The van der Waals surface area contributed by atoms with Gasteiger partial charge < -0.3 is 9.64 Å². The first-order valence-electron chi connectivity index (χ1n) is 9.96. The molecule has 154 valence electrons. The SMILES string of the molecule is Cc1nn(C)c2cc(-c3nsc(C4CCN(C(=O)OC(C)(C)C)CC4)n3)ccc12. The number of carbonyl (C=O) groups excluding carboxylic acids is 1. The van der Waals surface area contributed by atoms with E-state index >= 15 is 0 Å². The Balaban J connectivity index is 1.45. The summed E-state index contributed by atoms with van der Waals surface area (Å²) in [6.07, 6.45) is 1.54. The molecular weight excluding hydrogens is 386 g/mol. The molecule has 3 heterocycles. The predicted octanol–water partition coefficient (Wildman–Crippen LogP) is 4.51. The fourth-order valence-electron chi connectivity index (χ4n) is 3.73. The maximum absolute atomic E-state index is 12.3. The maximum atomic E-state index is 12.3. The third-order valence-corrected chi connectivity index (χ3v) is 6.11. The molecule has 0 spiro atoms. The minimum absolute atomic E-state index is 0.228. The van der Waals surface area contributed by atoms with Crippen LogP contribution in [0.2, 0.25) is 0 Å². The number of hydrogen-bond acceptors (Lipinski definition) is 6. The Morgan fingerprint density at radius 3 is 2.66 bits per heavy atom. The highest BCUT2D eigenvalue weighted by atomic mass is 32.1. The molecule has 0 bridgehead atoms. The molecule has 1 aliphatic heterocycles. The van der Waals surface area contributed by atoms with Gasteiger partial charge in [0.15, 0.2) is 5.82 Å². The van der Waals surface area contributed by atoms with Crippen LogP contribution in [0.5, 0.6) is 0 Å². The van der Waals surface area contributed by atoms with Crippen molar-refractivity contribution in [2.75, 3.05) is 13.1 Å². The van der Waals surface area contributed by atoms with Crippen molar-refractivity contribution in [3.63, 3.8) is 0 Å². The molecule has 4 rings (SSSR count). The molecule has 1 aliphatic rings. The Hall–Kier alpha value is -2.48. The van der Waals surface area contributed by atoms with E-state index in [2.05, 4.69) is 27.7 Å². The number of rotatable bonds is 2. The largest absolute Gasteiger partial charge is 0.444 e. The number of benzene rings is 1. The van der Waals surface area contributed by atoms with E-state index in [4.69, 9.17) is 9.72 Å². The lowest BCUT2D eigenvalue weighted by Crippen LogP contribution is -2.41. The van der Waals surface area contributed by atoms with E-state index in [-0.39, 0.29) is 6.09 Å². The van der Waals surface area contributed by atoms with Gasteiger partial charge in [-0.3, -0.25) is 4.68 Å². The third-order valence-electron chi connectivity index (χ3n) is 5.23. The highest BCUT2D eigenvalue weighted by Gasteiger charge is 2.29. The van der Waals surface area contributed by atoms with Crippen LogP contribution in [-0.2, 0) is 11.8 Å². The van der Waals surface area contributed by atoms with E-state index in [1.807, 2.05) is 39.4 Å². The van der Waals surface area contributed by atoms with Gasteiger partial charge >= 0.3 is 6.09 Å². The van der Waals surface area contributed by atoms with Crippen LogP contribution in [0.15, 0.2) is 18.2 Å². The molecule has 1 fully saturated rings. The molecule has 1 saturated heterocycles. The van der Waals surface area contributed by atoms with Crippen molar-refractivity contribution in [1.29, 1.82) is 0 Å². The summed E-state index contributed by atoms with van der Waals surface area (Å²) >= 11 is 1.47. The summed E-state index contributed by atoms with van der Waals surface area (Å²) in [5.74, 6) is 1.10. The van der Waals surface area contributed by atoms with Crippen molar-refractivity contribution < 1.29 is 9.53 Å². The number of fused-ring (bicyclic) bond motifs is 1. The number of hydrogen-bond donors (Lipinski definition) is 0. The molecule has 0 aliphatic carbocycles. The summed E-state index contributed by atoms with van der Waals surface area (Å²) in [6, 6.07) is 6.26. The summed E-state index contributed by atoms with van der Waals surface area (Å²) in [7, 11) is 1.96. The molecule has 0 N–H and O–H groups in total.